The number of fused-ring (bicyclic) bond motifs is 3. The van der Waals surface area contributed by atoms with E-state index in [0.29, 0.717) is 25.0 Å². The quantitative estimate of drug-likeness (QED) is 0.493. The van der Waals surface area contributed by atoms with Crippen molar-refractivity contribution >= 4 is 11.9 Å². The molecule has 2 fully saturated rings. The lowest BCUT2D eigenvalue weighted by Gasteiger charge is -2.34. The average molecular weight is 370 g/mol. The lowest BCUT2D eigenvalue weighted by molar-refractivity contribution is -0.149. The topological polar surface area (TPSA) is 53.9 Å². The molecule has 1 N–H and O–H groups in total. The zero-order valence-electron chi connectivity index (χ0n) is 16.5. The Morgan fingerprint density at radius 1 is 1.33 bits per heavy atom. The number of ether oxygens (including phenoxy) is 1. The average Bonchev–Trinajstić information content (AvgIpc) is 3.23. The highest BCUT2D eigenvalue weighted by molar-refractivity contribution is 5.81. The molecule has 3 unspecified atom stereocenters. The van der Waals surface area contributed by atoms with Crippen LogP contribution in [0.2, 0.25) is 0 Å². The minimum atomic E-state index is -0.0635. The number of carbonyl (C=O) groups is 1. The van der Waals surface area contributed by atoms with Crippen molar-refractivity contribution in [2.75, 3.05) is 32.8 Å². The summed E-state index contributed by atoms with van der Waals surface area (Å²) in [6, 6.07) is 8.88. The van der Waals surface area contributed by atoms with Crippen molar-refractivity contribution in [1.82, 2.24) is 10.2 Å². The van der Waals surface area contributed by atoms with Crippen molar-refractivity contribution < 1.29 is 9.53 Å². The van der Waals surface area contributed by atoms with Crippen LogP contribution in [-0.4, -0.2) is 49.6 Å². The van der Waals surface area contributed by atoms with Crippen LogP contribution in [0.25, 0.3) is 0 Å². The molecule has 0 bridgehead atoms. The van der Waals surface area contributed by atoms with Gasteiger partial charge < -0.3 is 15.0 Å². The van der Waals surface area contributed by atoms with Crippen molar-refractivity contribution in [3.63, 3.8) is 0 Å². The van der Waals surface area contributed by atoms with E-state index < -0.39 is 0 Å². The fourth-order valence-electron chi connectivity index (χ4n) is 4.97. The summed E-state index contributed by atoms with van der Waals surface area (Å²) < 4.78 is 5.24. The van der Waals surface area contributed by atoms with Crippen LogP contribution in [0.1, 0.15) is 43.7 Å². The molecule has 1 aromatic carbocycles. The number of nitrogens with one attached hydrogen (secondary N) is 1. The Morgan fingerprint density at radius 2 is 2.19 bits per heavy atom. The summed E-state index contributed by atoms with van der Waals surface area (Å²) in [4.78, 5) is 19.4. The number of esters is 1. The van der Waals surface area contributed by atoms with Gasteiger partial charge in [0.25, 0.3) is 0 Å². The lowest BCUT2D eigenvalue weighted by atomic mass is 9.98. The number of aliphatic imine (C=N–C) groups is 1. The SMILES string of the molecule is CCNC(=NCC1C2Cc3ccccc3C12)N1CCC[C@@H](C(=O)OCC)C1. The number of piperidine rings is 1. The van der Waals surface area contributed by atoms with Gasteiger partial charge in [0.1, 0.15) is 0 Å². The third-order valence-electron chi connectivity index (χ3n) is 6.33. The molecule has 5 nitrogen and oxygen atoms in total. The predicted octanol–water partition coefficient (Wildman–Crippen LogP) is 2.81. The molecule has 27 heavy (non-hydrogen) atoms. The highest BCUT2D eigenvalue weighted by Gasteiger charge is 2.55. The second kappa shape index (κ2) is 7.91. The van der Waals surface area contributed by atoms with E-state index in [1.54, 1.807) is 5.56 Å². The van der Waals surface area contributed by atoms with E-state index in [1.165, 1.54) is 12.0 Å². The molecule has 146 valence electrons. The van der Waals surface area contributed by atoms with Crippen LogP contribution in [0.4, 0.5) is 0 Å². The standard InChI is InChI=1S/C22H31N3O2/c1-3-23-22(25-11-7-9-16(14-25)21(26)27-4-2)24-13-19-18-12-15-8-5-6-10-17(15)20(18)19/h5-6,8,10,16,18-20H,3-4,7,9,11-14H2,1-2H3,(H,23,24)/t16-,18?,19?,20?/m1/s1. The molecule has 3 aliphatic rings. The maximum atomic E-state index is 12.1. The minimum Gasteiger partial charge on any atom is -0.466 e. The summed E-state index contributed by atoms with van der Waals surface area (Å²) in [7, 11) is 0. The van der Waals surface area contributed by atoms with Crippen LogP contribution < -0.4 is 5.32 Å². The highest BCUT2D eigenvalue weighted by atomic mass is 16.5. The number of carbonyl (C=O) groups excluding carboxylic acids is 1. The Hall–Kier alpha value is -2.04. The summed E-state index contributed by atoms with van der Waals surface area (Å²) in [6.07, 6.45) is 3.14. The van der Waals surface area contributed by atoms with Crippen LogP contribution in [0, 0.1) is 17.8 Å². The van der Waals surface area contributed by atoms with Gasteiger partial charge in [0.05, 0.1) is 12.5 Å². The van der Waals surface area contributed by atoms with Gasteiger partial charge in [0.15, 0.2) is 5.96 Å². The van der Waals surface area contributed by atoms with Gasteiger partial charge in [-0.3, -0.25) is 9.79 Å². The van der Waals surface area contributed by atoms with Crippen LogP contribution >= 0.6 is 0 Å². The van der Waals surface area contributed by atoms with Gasteiger partial charge in [-0.2, -0.15) is 0 Å². The summed E-state index contributed by atoms with van der Waals surface area (Å²) in [6.45, 7) is 7.83. The molecule has 1 aromatic rings. The summed E-state index contributed by atoms with van der Waals surface area (Å²) in [5, 5.41) is 3.44. The lowest BCUT2D eigenvalue weighted by Crippen LogP contribution is -2.48. The Bertz CT molecular complexity index is 717. The third-order valence-corrected chi connectivity index (χ3v) is 6.33. The monoisotopic (exact) mass is 369 g/mol. The Labute approximate surface area is 162 Å². The van der Waals surface area contributed by atoms with Crippen LogP contribution in [0.5, 0.6) is 0 Å². The molecule has 0 amide bonds. The van der Waals surface area contributed by atoms with Crippen LogP contribution in [0.15, 0.2) is 29.3 Å². The summed E-state index contributed by atoms with van der Waals surface area (Å²) >= 11 is 0. The smallest absolute Gasteiger partial charge is 0.310 e. The number of guanidine groups is 1. The van der Waals surface area contributed by atoms with Crippen LogP contribution in [-0.2, 0) is 16.0 Å². The van der Waals surface area contributed by atoms with Gasteiger partial charge >= 0.3 is 5.97 Å². The highest BCUT2D eigenvalue weighted by Crippen LogP contribution is 2.61. The first-order valence-electron chi connectivity index (χ1n) is 10.5. The molecule has 0 aromatic heterocycles. The maximum absolute atomic E-state index is 12.1. The normalized spacial score (nSPS) is 29.1. The van der Waals surface area contributed by atoms with E-state index in [-0.39, 0.29) is 11.9 Å². The molecule has 1 heterocycles. The Kier molecular flexibility index (Phi) is 5.37. The number of nitrogens with zero attached hydrogens (tertiary/aromatic N) is 2. The largest absolute Gasteiger partial charge is 0.466 e. The molecule has 5 heteroatoms. The van der Waals surface area contributed by atoms with Gasteiger partial charge in [0.2, 0.25) is 0 Å². The molecule has 4 atom stereocenters. The first kappa shape index (κ1) is 18.3. The molecule has 0 spiro atoms. The predicted molar refractivity (Wildman–Crippen MR) is 107 cm³/mol. The van der Waals surface area contributed by atoms with E-state index in [0.717, 1.165) is 44.4 Å². The van der Waals surface area contributed by atoms with Crippen molar-refractivity contribution in [2.45, 2.75) is 39.0 Å². The maximum Gasteiger partial charge on any atom is 0.310 e. The van der Waals surface area contributed by atoms with E-state index >= 15 is 0 Å². The molecule has 1 saturated carbocycles. The first-order chi connectivity index (χ1) is 13.2. The summed E-state index contributed by atoms with van der Waals surface area (Å²) in [5.74, 6) is 3.04. The fraction of sp³-hybridized carbons (Fsp3) is 0.636. The third kappa shape index (κ3) is 3.69. The van der Waals surface area contributed by atoms with Gasteiger partial charge in [-0.1, -0.05) is 24.3 Å². The van der Waals surface area contributed by atoms with E-state index in [2.05, 4.69) is 41.4 Å². The molecule has 1 saturated heterocycles. The summed E-state index contributed by atoms with van der Waals surface area (Å²) in [5.41, 5.74) is 3.08. The van der Waals surface area contributed by atoms with E-state index in [4.69, 9.17) is 9.73 Å². The van der Waals surface area contributed by atoms with Gasteiger partial charge in [-0.25, -0.2) is 0 Å². The van der Waals surface area contributed by atoms with Gasteiger partial charge in [-0.15, -0.1) is 0 Å². The van der Waals surface area contributed by atoms with Gasteiger partial charge in [-0.05, 0) is 62.0 Å². The molecular formula is C22H31N3O2. The van der Waals surface area contributed by atoms with Crippen molar-refractivity contribution in [2.24, 2.45) is 22.7 Å². The zero-order chi connectivity index (χ0) is 18.8. The molecule has 2 aliphatic carbocycles. The van der Waals surface area contributed by atoms with Crippen LogP contribution in [0.3, 0.4) is 0 Å². The number of rotatable bonds is 5. The van der Waals surface area contributed by atoms with Crippen molar-refractivity contribution in [3.8, 4) is 0 Å². The van der Waals surface area contributed by atoms with Gasteiger partial charge in [0, 0.05) is 26.2 Å². The number of hydrogen-bond donors (Lipinski definition) is 1. The minimum absolute atomic E-state index is 0.0326. The Balaban J connectivity index is 1.39. The Morgan fingerprint density at radius 3 is 3.00 bits per heavy atom. The number of likely N-dealkylation sites (tertiary alicyclic amines) is 1. The fourth-order valence-corrected chi connectivity index (χ4v) is 4.97. The number of hydrogen-bond acceptors (Lipinski definition) is 3. The van der Waals surface area contributed by atoms with Crippen molar-refractivity contribution in [3.05, 3.63) is 35.4 Å². The second-order valence-electron chi connectivity index (χ2n) is 7.99. The molecule has 4 rings (SSSR count). The van der Waals surface area contributed by atoms with E-state index in [9.17, 15) is 4.79 Å². The molecule has 0 radical (unpaired) electrons. The molecule has 1 aliphatic heterocycles. The van der Waals surface area contributed by atoms with E-state index in [1.807, 2.05) is 6.92 Å². The van der Waals surface area contributed by atoms with Crippen molar-refractivity contribution in [1.29, 1.82) is 0 Å². The number of benzene rings is 1. The first-order valence-corrected chi connectivity index (χ1v) is 10.5. The second-order valence-corrected chi connectivity index (χ2v) is 7.99. The molecular weight excluding hydrogens is 338 g/mol. The zero-order valence-corrected chi connectivity index (χ0v) is 16.5.